The lowest BCUT2D eigenvalue weighted by molar-refractivity contribution is 0.213. The fourth-order valence-corrected chi connectivity index (χ4v) is 5.51. The molecule has 2 heterocycles. The minimum absolute atomic E-state index is 0.842. The van der Waals surface area contributed by atoms with Crippen LogP contribution >= 0.6 is 0 Å². The molecule has 5 aromatic carbocycles. The second-order valence-corrected chi connectivity index (χ2v) is 8.59. The summed E-state index contributed by atoms with van der Waals surface area (Å²) in [5.74, 6) is 0. The Kier molecular flexibility index (Phi) is 3.02. The van der Waals surface area contributed by atoms with Gasteiger partial charge in [0.1, 0.15) is 0 Å². The Bertz CT molecular complexity index is 1870. The average Bonchev–Trinajstić information content (AvgIpc) is 3.25. The largest absolute Gasteiger partial charge is 0.428 e. The van der Waals surface area contributed by atoms with Crippen LogP contribution in [-0.2, 0) is 7.05 Å². The van der Waals surface area contributed by atoms with Gasteiger partial charge in [-0.2, -0.15) is 4.73 Å². The molecular formula is C28H20N2O. The van der Waals surface area contributed by atoms with Gasteiger partial charge in [0.25, 0.3) is 0 Å². The maximum atomic E-state index is 11.1. The molecule has 0 aliphatic rings. The second-order valence-electron chi connectivity index (χ2n) is 8.59. The van der Waals surface area contributed by atoms with Crippen LogP contribution in [0.1, 0.15) is 5.56 Å². The summed E-state index contributed by atoms with van der Waals surface area (Å²) in [4.78, 5) is 0. The number of aromatic nitrogens is 2. The van der Waals surface area contributed by atoms with Gasteiger partial charge in [-0.15, -0.1) is 0 Å². The molecule has 3 heteroatoms. The van der Waals surface area contributed by atoms with Crippen LogP contribution in [0.3, 0.4) is 0 Å². The fourth-order valence-electron chi connectivity index (χ4n) is 5.51. The summed E-state index contributed by atoms with van der Waals surface area (Å²) in [6.07, 6.45) is 0. The molecule has 0 radical (unpaired) electrons. The van der Waals surface area contributed by atoms with Crippen LogP contribution < -0.4 is 0 Å². The number of rotatable bonds is 0. The molecule has 2 aromatic heterocycles. The van der Waals surface area contributed by atoms with E-state index in [1.54, 1.807) is 0 Å². The summed E-state index contributed by atoms with van der Waals surface area (Å²) in [5, 5.41) is 20.6. The summed E-state index contributed by atoms with van der Waals surface area (Å²) in [6, 6.07) is 27.8. The summed E-state index contributed by atoms with van der Waals surface area (Å²) in [6.45, 7) is 2.13. The number of benzene rings is 5. The van der Waals surface area contributed by atoms with Gasteiger partial charge in [-0.05, 0) is 41.3 Å². The quantitative estimate of drug-likeness (QED) is 0.266. The molecule has 0 aliphatic heterocycles. The predicted octanol–water partition coefficient (Wildman–Crippen LogP) is 7.29. The van der Waals surface area contributed by atoms with E-state index in [2.05, 4.69) is 85.3 Å². The molecule has 0 amide bonds. The van der Waals surface area contributed by atoms with Crippen molar-refractivity contribution in [1.82, 2.24) is 9.30 Å². The Labute approximate surface area is 178 Å². The lowest BCUT2D eigenvalue weighted by Crippen LogP contribution is -1.89. The van der Waals surface area contributed by atoms with Crippen molar-refractivity contribution in [2.75, 3.05) is 0 Å². The molecule has 31 heavy (non-hydrogen) atoms. The minimum Gasteiger partial charge on any atom is -0.428 e. The van der Waals surface area contributed by atoms with Crippen molar-refractivity contribution in [3.05, 3.63) is 84.4 Å². The molecule has 3 nitrogen and oxygen atoms in total. The Morgan fingerprint density at radius 1 is 0.613 bits per heavy atom. The molecule has 0 saturated heterocycles. The zero-order valence-electron chi connectivity index (χ0n) is 17.3. The Balaban J connectivity index is 1.83. The minimum atomic E-state index is 0.842. The smallest absolute Gasteiger partial charge is 0.0887 e. The topological polar surface area (TPSA) is 30.1 Å². The highest BCUT2D eigenvalue weighted by Gasteiger charge is 2.20. The van der Waals surface area contributed by atoms with Crippen LogP contribution in [0, 0.1) is 6.92 Å². The molecule has 0 unspecified atom stereocenters. The third-order valence-electron chi connectivity index (χ3n) is 6.89. The van der Waals surface area contributed by atoms with Crippen LogP contribution in [0.2, 0.25) is 0 Å². The number of hydrogen-bond acceptors (Lipinski definition) is 1. The highest BCUT2D eigenvalue weighted by atomic mass is 16.5. The standard InChI is InChI=1S/C28H20N2O/c1-16-7-10-20-18(15-16)8-11-21-26-22(29(2)28(20)21)13-14-24-27(26)25-19-6-4-3-5-17(19)9-12-23(25)30(24)31/h3-15,31H,1-2H3. The van der Waals surface area contributed by atoms with Gasteiger partial charge in [-0.1, -0.05) is 66.2 Å². The maximum Gasteiger partial charge on any atom is 0.0887 e. The van der Waals surface area contributed by atoms with E-state index < -0.39 is 0 Å². The van der Waals surface area contributed by atoms with Crippen LogP contribution in [0.15, 0.2) is 78.9 Å². The number of hydrogen-bond donors (Lipinski definition) is 1. The van der Waals surface area contributed by atoms with E-state index in [0.717, 1.165) is 21.8 Å². The zero-order chi connectivity index (χ0) is 20.9. The van der Waals surface area contributed by atoms with E-state index in [9.17, 15) is 5.21 Å². The number of nitrogens with zero attached hydrogens (tertiary/aromatic N) is 2. The molecular weight excluding hydrogens is 380 g/mol. The summed E-state index contributed by atoms with van der Waals surface area (Å²) < 4.78 is 3.65. The lowest BCUT2D eigenvalue weighted by Gasteiger charge is -2.04. The number of fused-ring (bicyclic) bond motifs is 11. The van der Waals surface area contributed by atoms with Crippen molar-refractivity contribution in [3.63, 3.8) is 0 Å². The lowest BCUT2D eigenvalue weighted by atomic mass is 9.99. The van der Waals surface area contributed by atoms with Crippen LogP contribution in [0.25, 0.3) is 65.2 Å². The van der Waals surface area contributed by atoms with E-state index in [4.69, 9.17) is 0 Å². The van der Waals surface area contributed by atoms with Gasteiger partial charge in [0.05, 0.1) is 16.6 Å². The Morgan fingerprint density at radius 2 is 1.29 bits per heavy atom. The van der Waals surface area contributed by atoms with E-state index in [1.165, 1.54) is 53.6 Å². The summed E-state index contributed by atoms with van der Waals surface area (Å²) in [5.41, 5.74) is 5.36. The first kappa shape index (κ1) is 16.8. The van der Waals surface area contributed by atoms with Crippen molar-refractivity contribution in [2.45, 2.75) is 6.92 Å². The predicted molar refractivity (Wildman–Crippen MR) is 130 cm³/mol. The first-order valence-electron chi connectivity index (χ1n) is 10.6. The van der Waals surface area contributed by atoms with Gasteiger partial charge in [-0.3, -0.25) is 0 Å². The van der Waals surface area contributed by atoms with Crippen molar-refractivity contribution < 1.29 is 5.21 Å². The zero-order valence-corrected chi connectivity index (χ0v) is 17.3. The Morgan fingerprint density at radius 3 is 2.19 bits per heavy atom. The van der Waals surface area contributed by atoms with Gasteiger partial charge in [-0.25, -0.2) is 0 Å². The monoisotopic (exact) mass is 400 g/mol. The van der Waals surface area contributed by atoms with E-state index in [-0.39, 0.29) is 0 Å². The van der Waals surface area contributed by atoms with Gasteiger partial charge >= 0.3 is 0 Å². The Hall–Kier alpha value is -3.98. The maximum absolute atomic E-state index is 11.1. The molecule has 0 saturated carbocycles. The molecule has 148 valence electrons. The molecule has 0 fully saturated rings. The first-order chi connectivity index (χ1) is 15.1. The molecule has 7 rings (SSSR count). The second kappa shape index (κ2) is 5.58. The highest BCUT2D eigenvalue weighted by Crippen LogP contribution is 2.43. The number of aryl methyl sites for hydroxylation is 2. The van der Waals surface area contributed by atoms with E-state index >= 15 is 0 Å². The fraction of sp³-hybridized carbons (Fsp3) is 0.0714. The third kappa shape index (κ3) is 1.98. The first-order valence-corrected chi connectivity index (χ1v) is 10.6. The molecule has 0 spiro atoms. The van der Waals surface area contributed by atoms with Crippen LogP contribution in [0.4, 0.5) is 0 Å². The molecule has 0 atom stereocenters. The van der Waals surface area contributed by atoms with Crippen LogP contribution in [0.5, 0.6) is 0 Å². The van der Waals surface area contributed by atoms with E-state index in [1.807, 2.05) is 12.1 Å². The molecule has 1 N–H and O–H groups in total. The van der Waals surface area contributed by atoms with Gasteiger partial charge in [0.2, 0.25) is 0 Å². The van der Waals surface area contributed by atoms with Crippen molar-refractivity contribution in [3.8, 4) is 0 Å². The highest BCUT2D eigenvalue weighted by molar-refractivity contribution is 6.34. The molecule has 0 bridgehead atoms. The average molecular weight is 400 g/mol. The molecule has 0 aliphatic carbocycles. The van der Waals surface area contributed by atoms with E-state index in [0.29, 0.717) is 0 Å². The van der Waals surface area contributed by atoms with Crippen molar-refractivity contribution >= 4 is 65.2 Å². The van der Waals surface area contributed by atoms with Gasteiger partial charge in [0.15, 0.2) is 0 Å². The van der Waals surface area contributed by atoms with Crippen LogP contribution in [-0.4, -0.2) is 14.5 Å². The van der Waals surface area contributed by atoms with Crippen molar-refractivity contribution in [2.24, 2.45) is 7.05 Å². The normalized spacial score (nSPS) is 12.3. The summed E-state index contributed by atoms with van der Waals surface area (Å²) in [7, 11) is 2.14. The SMILES string of the molecule is Cc1ccc2c(ccc3c4c5c6c7ccccc7ccc6n(O)c5ccc4n(C)c23)c1. The summed E-state index contributed by atoms with van der Waals surface area (Å²) >= 11 is 0. The van der Waals surface area contributed by atoms with Crippen molar-refractivity contribution in [1.29, 1.82) is 0 Å². The molecule has 7 aromatic rings. The van der Waals surface area contributed by atoms with Gasteiger partial charge < -0.3 is 9.77 Å². The van der Waals surface area contributed by atoms with Gasteiger partial charge in [0, 0.05) is 39.5 Å². The third-order valence-corrected chi connectivity index (χ3v) is 6.89.